The van der Waals surface area contributed by atoms with Crippen molar-refractivity contribution in [1.82, 2.24) is 4.90 Å². The molecule has 152 valence electrons. The quantitative estimate of drug-likeness (QED) is 0.606. The number of carbonyl (C=O) groups excluding carboxylic acids is 1. The highest BCUT2D eigenvalue weighted by atomic mass is 35.5. The van der Waals surface area contributed by atoms with Crippen LogP contribution in [0.15, 0.2) is 24.3 Å². The van der Waals surface area contributed by atoms with E-state index in [1.807, 2.05) is 31.2 Å². The van der Waals surface area contributed by atoms with Gasteiger partial charge in [-0.15, -0.1) is 0 Å². The minimum absolute atomic E-state index is 0.465. The van der Waals surface area contributed by atoms with Crippen molar-refractivity contribution in [2.24, 2.45) is 0 Å². The van der Waals surface area contributed by atoms with Crippen molar-refractivity contribution in [3.8, 4) is 5.75 Å². The third-order valence-electron chi connectivity index (χ3n) is 3.53. The smallest absolute Gasteiger partial charge is 0.490 e. The van der Waals surface area contributed by atoms with Crippen LogP contribution in [0.1, 0.15) is 6.92 Å². The predicted octanol–water partition coefficient (Wildman–Crippen LogP) is 2.90. The van der Waals surface area contributed by atoms with Gasteiger partial charge in [-0.25, -0.2) is 9.18 Å². The van der Waals surface area contributed by atoms with Gasteiger partial charge in [0.15, 0.2) is 0 Å². The summed E-state index contributed by atoms with van der Waals surface area (Å²) in [5.41, 5.74) is -0.943. The Morgan fingerprint density at radius 3 is 2.19 bits per heavy atom. The molecule has 0 saturated carbocycles. The van der Waals surface area contributed by atoms with Crippen molar-refractivity contribution >= 4 is 29.2 Å². The largest absolute Gasteiger partial charge is 0.492 e. The van der Waals surface area contributed by atoms with Crippen LogP contribution in [0.4, 0.5) is 23.2 Å². The van der Waals surface area contributed by atoms with Crippen molar-refractivity contribution in [1.29, 1.82) is 0 Å². The first-order chi connectivity index (χ1) is 12.6. The fourth-order valence-electron chi connectivity index (χ4n) is 2.30. The van der Waals surface area contributed by atoms with E-state index < -0.39 is 23.7 Å². The lowest BCUT2D eigenvalue weighted by Crippen LogP contribution is -2.50. The van der Waals surface area contributed by atoms with Crippen molar-refractivity contribution in [2.45, 2.75) is 18.7 Å². The molecule has 1 atom stereocenters. The fourth-order valence-corrected chi connectivity index (χ4v) is 2.44. The van der Waals surface area contributed by atoms with Crippen LogP contribution in [-0.4, -0.2) is 66.5 Å². The van der Waals surface area contributed by atoms with Gasteiger partial charge in [-0.05, 0) is 19.1 Å². The molecule has 11 heteroatoms. The Balaban J connectivity index is 0.000000445. The lowest BCUT2D eigenvalue weighted by Gasteiger charge is -2.36. The van der Waals surface area contributed by atoms with E-state index in [1.165, 1.54) is 4.90 Å². The molecule has 1 saturated heterocycles. The number of carboxylic acids is 1. The number of nitrogens with zero attached hydrogens (tertiary/aromatic N) is 2. The van der Waals surface area contributed by atoms with Gasteiger partial charge in [0.05, 0.1) is 12.3 Å². The van der Waals surface area contributed by atoms with Gasteiger partial charge in [0.2, 0.25) is 0 Å². The van der Waals surface area contributed by atoms with Crippen molar-refractivity contribution in [2.75, 3.05) is 37.7 Å². The monoisotopic (exact) mass is 414 g/mol. The Labute approximate surface area is 158 Å². The number of amides is 1. The van der Waals surface area contributed by atoms with Gasteiger partial charge in [-0.1, -0.05) is 23.7 Å². The molecule has 1 unspecified atom stereocenters. The fraction of sp³-hybridized carbons (Fsp3) is 0.500. The van der Waals surface area contributed by atoms with Gasteiger partial charge >= 0.3 is 12.1 Å². The normalized spacial score (nSPS) is 15.5. The van der Waals surface area contributed by atoms with E-state index in [0.29, 0.717) is 32.8 Å². The highest BCUT2D eigenvalue weighted by Crippen LogP contribution is 2.28. The maximum absolute atomic E-state index is 12.8. The third kappa shape index (κ3) is 7.12. The summed E-state index contributed by atoms with van der Waals surface area (Å²) in [7, 11) is 0. The number of rotatable bonds is 4. The van der Waals surface area contributed by atoms with Crippen molar-refractivity contribution in [3.63, 3.8) is 0 Å². The Morgan fingerprint density at radius 1 is 1.22 bits per heavy atom. The van der Waals surface area contributed by atoms with Crippen LogP contribution >= 0.6 is 11.6 Å². The number of carboxylic acid groups (broad SMARTS) is 1. The molecular formula is C16H19ClF4N2O4. The number of carbonyl (C=O) groups is 2. The molecule has 1 heterocycles. The molecule has 1 aliphatic rings. The zero-order chi connectivity index (χ0) is 20.6. The molecule has 1 aromatic rings. The van der Waals surface area contributed by atoms with E-state index in [0.717, 1.165) is 11.4 Å². The SMILES string of the molecule is CCOc1ccccc1N1CCN(C(=O)C(F)Cl)CC1.O=C(O)C(F)(F)F. The highest BCUT2D eigenvalue weighted by molar-refractivity contribution is 6.29. The lowest BCUT2D eigenvalue weighted by molar-refractivity contribution is -0.192. The standard InChI is InChI=1S/C14H18ClFN2O2.C2HF3O2/c1-2-20-12-6-4-3-5-11(12)17-7-9-18(10-8-17)14(19)13(15)16;3-2(4,5)1(6)7/h3-6,13H,2,7-10H2,1H3;(H,6,7). The van der Waals surface area contributed by atoms with Crippen LogP contribution in [0.25, 0.3) is 0 Å². The van der Waals surface area contributed by atoms with Crippen LogP contribution < -0.4 is 9.64 Å². The third-order valence-corrected chi connectivity index (χ3v) is 3.71. The molecule has 0 spiro atoms. The summed E-state index contributed by atoms with van der Waals surface area (Å²) in [4.78, 5) is 24.0. The zero-order valence-corrected chi connectivity index (χ0v) is 15.1. The summed E-state index contributed by atoms with van der Waals surface area (Å²) in [6, 6.07) is 7.79. The summed E-state index contributed by atoms with van der Waals surface area (Å²) < 4.78 is 50.1. The molecule has 1 fully saturated rings. The molecule has 6 nitrogen and oxygen atoms in total. The number of hydrogen-bond donors (Lipinski definition) is 1. The number of para-hydroxylation sites is 2. The number of halogens is 5. The van der Waals surface area contributed by atoms with E-state index >= 15 is 0 Å². The lowest BCUT2D eigenvalue weighted by atomic mass is 10.2. The Bertz CT molecular complexity index is 635. The van der Waals surface area contributed by atoms with Crippen LogP contribution in [0.5, 0.6) is 5.75 Å². The van der Waals surface area contributed by atoms with Gasteiger partial charge in [-0.2, -0.15) is 13.2 Å². The first-order valence-electron chi connectivity index (χ1n) is 7.91. The van der Waals surface area contributed by atoms with Crippen LogP contribution in [0, 0.1) is 0 Å². The number of aliphatic carboxylic acids is 1. The second-order valence-corrected chi connectivity index (χ2v) is 5.70. The number of piperazine rings is 1. The molecule has 0 aromatic heterocycles. The molecule has 0 radical (unpaired) electrons. The molecule has 1 N–H and O–H groups in total. The molecule has 2 rings (SSSR count). The van der Waals surface area contributed by atoms with E-state index in [9.17, 15) is 22.4 Å². The Hall–Kier alpha value is -2.23. The van der Waals surface area contributed by atoms with Gasteiger partial charge in [0.1, 0.15) is 5.75 Å². The van der Waals surface area contributed by atoms with Crippen LogP contribution in [0.2, 0.25) is 0 Å². The van der Waals surface area contributed by atoms with Crippen molar-refractivity contribution < 1.29 is 37.0 Å². The molecule has 1 amide bonds. The Morgan fingerprint density at radius 2 is 1.74 bits per heavy atom. The number of ether oxygens (including phenoxy) is 1. The molecular weight excluding hydrogens is 396 g/mol. The number of benzene rings is 1. The minimum atomic E-state index is -5.08. The van der Waals surface area contributed by atoms with Gasteiger partial charge in [0.25, 0.3) is 11.5 Å². The van der Waals surface area contributed by atoms with Crippen molar-refractivity contribution in [3.05, 3.63) is 24.3 Å². The van der Waals surface area contributed by atoms with Gasteiger partial charge in [-0.3, -0.25) is 4.79 Å². The second kappa shape index (κ2) is 10.2. The molecule has 0 bridgehead atoms. The van der Waals surface area contributed by atoms with Crippen LogP contribution in [0.3, 0.4) is 0 Å². The highest BCUT2D eigenvalue weighted by Gasteiger charge is 2.38. The van der Waals surface area contributed by atoms with E-state index in [1.54, 1.807) is 0 Å². The molecule has 27 heavy (non-hydrogen) atoms. The maximum atomic E-state index is 12.8. The molecule has 1 aliphatic heterocycles. The van der Waals surface area contributed by atoms with E-state index in [2.05, 4.69) is 4.90 Å². The predicted molar refractivity (Wildman–Crippen MR) is 90.8 cm³/mol. The number of hydrogen-bond acceptors (Lipinski definition) is 4. The zero-order valence-electron chi connectivity index (χ0n) is 14.4. The second-order valence-electron chi connectivity index (χ2n) is 5.32. The van der Waals surface area contributed by atoms with E-state index in [4.69, 9.17) is 26.2 Å². The molecule has 1 aromatic carbocycles. The maximum Gasteiger partial charge on any atom is 0.490 e. The average molecular weight is 415 g/mol. The first kappa shape index (κ1) is 22.8. The first-order valence-corrected chi connectivity index (χ1v) is 8.35. The number of anilines is 1. The summed E-state index contributed by atoms with van der Waals surface area (Å²) in [5.74, 6) is -2.58. The van der Waals surface area contributed by atoms with Crippen LogP contribution in [-0.2, 0) is 9.59 Å². The Kier molecular flexibility index (Phi) is 8.61. The minimum Gasteiger partial charge on any atom is -0.492 e. The average Bonchev–Trinajstić information content (AvgIpc) is 2.61. The van der Waals surface area contributed by atoms with E-state index in [-0.39, 0.29) is 0 Å². The summed E-state index contributed by atoms with van der Waals surface area (Å²) >= 11 is 5.19. The van der Waals surface area contributed by atoms with Gasteiger partial charge < -0.3 is 19.6 Å². The summed E-state index contributed by atoms with van der Waals surface area (Å²) in [5, 5.41) is 7.12. The topological polar surface area (TPSA) is 70.1 Å². The molecule has 0 aliphatic carbocycles. The van der Waals surface area contributed by atoms with Gasteiger partial charge in [0, 0.05) is 26.2 Å². The number of alkyl halides is 5. The summed E-state index contributed by atoms with van der Waals surface area (Å²) in [6.07, 6.45) is -5.08. The summed E-state index contributed by atoms with van der Waals surface area (Å²) in [6.45, 7) is 4.75.